The highest BCUT2D eigenvalue weighted by Gasteiger charge is 2.19. The lowest BCUT2D eigenvalue weighted by molar-refractivity contribution is 0.712. The highest BCUT2D eigenvalue weighted by Crippen LogP contribution is 2.42. The number of rotatable bonds is 2. The van der Waals surface area contributed by atoms with E-state index in [0.29, 0.717) is 4.83 Å². The molecule has 3 rings (SSSR count). The summed E-state index contributed by atoms with van der Waals surface area (Å²) in [5, 5.41) is 0. The van der Waals surface area contributed by atoms with E-state index < -0.39 is 0 Å². The monoisotopic (exact) mass is 404 g/mol. The Morgan fingerprint density at radius 2 is 1.83 bits per heavy atom. The van der Waals surface area contributed by atoms with Gasteiger partial charge in [-0.3, -0.25) is 0 Å². The topological polar surface area (TPSA) is 0 Å². The molecule has 0 spiro atoms. The zero-order valence-corrected chi connectivity index (χ0v) is 14.7. The smallest absolute Gasteiger partial charge is 0.0831 e. The van der Waals surface area contributed by atoms with Crippen LogP contribution in [-0.2, 0) is 12.8 Å². The van der Waals surface area contributed by atoms with Crippen LogP contribution >= 0.6 is 54.5 Å². The third-order valence-electron chi connectivity index (χ3n) is 3.36. The molecular weight excluding hydrogens is 392 g/mol. The van der Waals surface area contributed by atoms with Crippen molar-refractivity contribution in [2.45, 2.75) is 36.9 Å². The summed E-state index contributed by atoms with van der Waals surface area (Å²) in [6, 6.07) is 6.77. The first-order chi connectivity index (χ1) is 8.74. The van der Waals surface area contributed by atoms with Gasteiger partial charge in [0, 0.05) is 14.6 Å². The average Bonchev–Trinajstić information content (AvgIpc) is 2.90. The molecule has 0 N–H and O–H groups in total. The standard InChI is InChI=1S/C14H14Br2S2/c15-13-7-6-11(18-13)14(16)12-8-9-4-2-1-3-5-10(9)17-12/h6-8,14H,1-5H2. The molecule has 4 heteroatoms. The number of thiophene rings is 2. The van der Waals surface area contributed by atoms with Crippen LogP contribution in [0.3, 0.4) is 0 Å². The van der Waals surface area contributed by atoms with Crippen LogP contribution in [0.1, 0.15) is 44.3 Å². The van der Waals surface area contributed by atoms with Gasteiger partial charge in [0.05, 0.1) is 8.61 Å². The summed E-state index contributed by atoms with van der Waals surface area (Å²) < 4.78 is 1.21. The lowest BCUT2D eigenvalue weighted by Crippen LogP contribution is -1.85. The molecular formula is C14H14Br2S2. The summed E-state index contributed by atoms with van der Waals surface area (Å²) in [6.45, 7) is 0. The van der Waals surface area contributed by atoms with Gasteiger partial charge in [-0.15, -0.1) is 22.7 Å². The van der Waals surface area contributed by atoms with Crippen LogP contribution in [0.4, 0.5) is 0 Å². The van der Waals surface area contributed by atoms with Gasteiger partial charge in [-0.1, -0.05) is 22.4 Å². The van der Waals surface area contributed by atoms with Crippen molar-refractivity contribution < 1.29 is 0 Å². The molecule has 0 nitrogen and oxygen atoms in total. The van der Waals surface area contributed by atoms with E-state index in [2.05, 4.69) is 50.1 Å². The van der Waals surface area contributed by atoms with Crippen molar-refractivity contribution in [2.24, 2.45) is 0 Å². The SMILES string of the molecule is Brc1ccc(C(Br)c2cc3c(s2)CCCCC3)s1. The van der Waals surface area contributed by atoms with Crippen LogP contribution in [0.15, 0.2) is 22.0 Å². The van der Waals surface area contributed by atoms with Crippen LogP contribution in [-0.4, -0.2) is 0 Å². The largest absolute Gasteiger partial charge is 0.144 e. The Morgan fingerprint density at radius 1 is 1.00 bits per heavy atom. The molecule has 0 radical (unpaired) electrons. The molecule has 0 saturated heterocycles. The van der Waals surface area contributed by atoms with Crippen LogP contribution in [0.5, 0.6) is 0 Å². The molecule has 1 unspecified atom stereocenters. The molecule has 96 valence electrons. The average molecular weight is 406 g/mol. The van der Waals surface area contributed by atoms with E-state index in [1.54, 1.807) is 10.4 Å². The van der Waals surface area contributed by atoms with E-state index in [1.165, 1.54) is 45.6 Å². The number of halogens is 2. The van der Waals surface area contributed by atoms with Gasteiger partial charge in [-0.2, -0.15) is 0 Å². The van der Waals surface area contributed by atoms with Crippen LogP contribution in [0.25, 0.3) is 0 Å². The third kappa shape index (κ3) is 2.77. The Morgan fingerprint density at radius 3 is 2.61 bits per heavy atom. The molecule has 0 bridgehead atoms. The van der Waals surface area contributed by atoms with Crippen molar-refractivity contribution in [2.75, 3.05) is 0 Å². The van der Waals surface area contributed by atoms with Gasteiger partial charge in [0.2, 0.25) is 0 Å². The predicted octanol–water partition coefficient (Wildman–Crippen LogP) is 6.33. The summed E-state index contributed by atoms with van der Waals surface area (Å²) in [7, 11) is 0. The van der Waals surface area contributed by atoms with Gasteiger partial charge in [-0.05, 0) is 65.4 Å². The maximum Gasteiger partial charge on any atom is 0.0831 e. The van der Waals surface area contributed by atoms with E-state index in [9.17, 15) is 0 Å². The first-order valence-electron chi connectivity index (χ1n) is 6.25. The molecule has 0 aromatic carbocycles. The molecule has 2 aromatic rings. The van der Waals surface area contributed by atoms with Crippen LogP contribution in [0, 0.1) is 0 Å². The number of hydrogen-bond donors (Lipinski definition) is 0. The van der Waals surface area contributed by atoms with Crippen molar-refractivity contribution >= 4 is 54.5 Å². The number of aryl methyl sites for hydroxylation is 2. The third-order valence-corrected chi connectivity index (χ3v) is 7.94. The van der Waals surface area contributed by atoms with Crippen molar-refractivity contribution in [3.63, 3.8) is 0 Å². The number of alkyl halides is 1. The molecule has 18 heavy (non-hydrogen) atoms. The lowest BCUT2D eigenvalue weighted by Gasteiger charge is -2.04. The molecule has 1 aliphatic carbocycles. The summed E-state index contributed by atoms with van der Waals surface area (Å²) in [5.74, 6) is 0. The van der Waals surface area contributed by atoms with E-state index in [-0.39, 0.29) is 0 Å². The minimum Gasteiger partial charge on any atom is -0.144 e. The Hall–Kier alpha value is 0.360. The van der Waals surface area contributed by atoms with E-state index >= 15 is 0 Å². The van der Waals surface area contributed by atoms with Crippen molar-refractivity contribution in [3.8, 4) is 0 Å². The normalized spacial score (nSPS) is 17.2. The van der Waals surface area contributed by atoms with Gasteiger partial charge < -0.3 is 0 Å². The predicted molar refractivity (Wildman–Crippen MR) is 88.4 cm³/mol. The summed E-state index contributed by atoms with van der Waals surface area (Å²) in [6.07, 6.45) is 6.69. The molecule has 0 aliphatic heterocycles. The molecule has 2 heterocycles. The van der Waals surface area contributed by atoms with E-state index in [0.717, 1.165) is 0 Å². The summed E-state index contributed by atoms with van der Waals surface area (Å²) >= 11 is 11.2. The minimum absolute atomic E-state index is 0.366. The maximum atomic E-state index is 3.85. The van der Waals surface area contributed by atoms with Gasteiger partial charge in [0.15, 0.2) is 0 Å². The highest BCUT2D eigenvalue weighted by molar-refractivity contribution is 9.11. The van der Waals surface area contributed by atoms with Crippen LogP contribution in [0.2, 0.25) is 0 Å². The second-order valence-electron chi connectivity index (χ2n) is 4.66. The molecule has 1 aliphatic rings. The zero-order valence-electron chi connectivity index (χ0n) is 9.92. The first kappa shape index (κ1) is 13.3. The fourth-order valence-corrected chi connectivity index (χ4v) is 6.02. The van der Waals surface area contributed by atoms with Gasteiger partial charge >= 0.3 is 0 Å². The molecule has 2 aromatic heterocycles. The first-order valence-corrected chi connectivity index (χ1v) is 9.59. The highest BCUT2D eigenvalue weighted by atomic mass is 79.9. The van der Waals surface area contributed by atoms with E-state index in [4.69, 9.17) is 0 Å². The summed E-state index contributed by atoms with van der Waals surface area (Å²) in [5.41, 5.74) is 1.60. The van der Waals surface area contributed by atoms with Gasteiger partial charge in [0.25, 0.3) is 0 Å². The van der Waals surface area contributed by atoms with Crippen molar-refractivity contribution in [1.29, 1.82) is 0 Å². The number of fused-ring (bicyclic) bond motifs is 1. The fourth-order valence-electron chi connectivity index (χ4n) is 2.42. The minimum atomic E-state index is 0.366. The zero-order chi connectivity index (χ0) is 12.5. The van der Waals surface area contributed by atoms with Gasteiger partial charge in [-0.25, -0.2) is 0 Å². The van der Waals surface area contributed by atoms with Crippen LogP contribution < -0.4 is 0 Å². The molecule has 0 saturated carbocycles. The van der Waals surface area contributed by atoms with Gasteiger partial charge in [0.1, 0.15) is 0 Å². The lowest BCUT2D eigenvalue weighted by atomic mass is 10.1. The molecule has 0 amide bonds. The Labute approximate surface area is 133 Å². The second-order valence-corrected chi connectivity index (χ2v) is 9.24. The second kappa shape index (κ2) is 5.78. The molecule has 1 atom stereocenters. The number of hydrogen-bond acceptors (Lipinski definition) is 2. The Balaban J connectivity index is 1.88. The maximum absolute atomic E-state index is 3.85. The van der Waals surface area contributed by atoms with E-state index in [1.807, 2.05) is 22.7 Å². The van der Waals surface area contributed by atoms with Crippen molar-refractivity contribution in [1.82, 2.24) is 0 Å². The molecule has 0 fully saturated rings. The fraction of sp³-hybridized carbons (Fsp3) is 0.429. The Kier molecular flexibility index (Phi) is 4.28. The quantitative estimate of drug-likeness (QED) is 0.404. The van der Waals surface area contributed by atoms with Crippen molar-refractivity contribution in [3.05, 3.63) is 42.2 Å². The Bertz CT molecular complexity index is 518. The summed E-state index contributed by atoms with van der Waals surface area (Å²) in [4.78, 5) is 4.85.